The van der Waals surface area contributed by atoms with E-state index in [0.717, 1.165) is 18.5 Å². The zero-order valence-corrected chi connectivity index (χ0v) is 11.8. The molecule has 1 saturated heterocycles. The van der Waals surface area contributed by atoms with Gasteiger partial charge in [-0.05, 0) is 45.1 Å². The van der Waals surface area contributed by atoms with E-state index in [4.69, 9.17) is 5.73 Å². The van der Waals surface area contributed by atoms with E-state index in [0.29, 0.717) is 5.54 Å². The summed E-state index contributed by atoms with van der Waals surface area (Å²) < 4.78 is 0. The number of hydrogen-bond donors (Lipinski definition) is 1. The maximum absolute atomic E-state index is 6.24. The summed E-state index contributed by atoms with van der Waals surface area (Å²) in [7, 11) is 0. The monoisotopic (exact) mass is 238 g/mol. The molecule has 0 aromatic carbocycles. The van der Waals surface area contributed by atoms with Gasteiger partial charge in [0.15, 0.2) is 0 Å². The van der Waals surface area contributed by atoms with E-state index in [1.807, 2.05) is 0 Å². The van der Waals surface area contributed by atoms with Crippen molar-refractivity contribution in [2.45, 2.75) is 76.8 Å². The summed E-state index contributed by atoms with van der Waals surface area (Å²) in [4.78, 5) is 2.81. The molecule has 0 spiro atoms. The Balaban J connectivity index is 2.20. The summed E-state index contributed by atoms with van der Waals surface area (Å²) >= 11 is 0. The standard InChI is InChI=1S/C15H30N2/c1-3-14-9-7-10-15(14,12-16)17-11-6-4-5-8-13(17)2/h13-14H,3-12,16H2,1-2H3. The van der Waals surface area contributed by atoms with Crippen LogP contribution in [0.1, 0.15) is 65.2 Å². The van der Waals surface area contributed by atoms with Gasteiger partial charge in [-0.1, -0.05) is 32.6 Å². The van der Waals surface area contributed by atoms with Gasteiger partial charge in [0.1, 0.15) is 0 Å². The van der Waals surface area contributed by atoms with Crippen LogP contribution in [-0.2, 0) is 0 Å². The molecule has 3 unspecified atom stereocenters. The van der Waals surface area contributed by atoms with E-state index in [2.05, 4.69) is 18.7 Å². The fraction of sp³-hybridized carbons (Fsp3) is 1.00. The second-order valence-corrected chi connectivity index (χ2v) is 6.20. The molecule has 2 rings (SSSR count). The summed E-state index contributed by atoms with van der Waals surface area (Å²) in [5.74, 6) is 0.841. The van der Waals surface area contributed by atoms with E-state index in [1.54, 1.807) is 0 Å². The minimum absolute atomic E-state index is 0.346. The predicted molar refractivity (Wildman–Crippen MR) is 74.1 cm³/mol. The largest absolute Gasteiger partial charge is 0.329 e. The molecule has 0 amide bonds. The van der Waals surface area contributed by atoms with Crippen LogP contribution in [0.15, 0.2) is 0 Å². The van der Waals surface area contributed by atoms with Crippen LogP contribution in [0.3, 0.4) is 0 Å². The Kier molecular flexibility index (Phi) is 4.48. The third-order valence-corrected chi connectivity index (χ3v) is 5.39. The average Bonchev–Trinajstić information content (AvgIpc) is 2.65. The molecule has 0 aromatic rings. The van der Waals surface area contributed by atoms with E-state index in [-0.39, 0.29) is 0 Å². The van der Waals surface area contributed by atoms with Gasteiger partial charge in [0, 0.05) is 18.1 Å². The highest BCUT2D eigenvalue weighted by atomic mass is 15.2. The molecule has 0 bridgehead atoms. The van der Waals surface area contributed by atoms with Gasteiger partial charge >= 0.3 is 0 Å². The summed E-state index contributed by atoms with van der Waals surface area (Å²) in [6.07, 6.45) is 11.0. The minimum atomic E-state index is 0.346. The molecule has 2 fully saturated rings. The highest BCUT2D eigenvalue weighted by Gasteiger charge is 2.46. The van der Waals surface area contributed by atoms with Crippen LogP contribution in [0.25, 0.3) is 0 Å². The zero-order chi connectivity index (χ0) is 12.3. The van der Waals surface area contributed by atoms with Gasteiger partial charge in [-0.3, -0.25) is 4.90 Å². The summed E-state index contributed by atoms with van der Waals surface area (Å²) in [6, 6.07) is 0.744. The molecular weight excluding hydrogens is 208 g/mol. The Morgan fingerprint density at radius 1 is 1.18 bits per heavy atom. The van der Waals surface area contributed by atoms with Crippen molar-refractivity contribution in [3.05, 3.63) is 0 Å². The van der Waals surface area contributed by atoms with Gasteiger partial charge in [0.05, 0.1) is 0 Å². The molecule has 1 saturated carbocycles. The summed E-state index contributed by atoms with van der Waals surface area (Å²) in [5, 5.41) is 0. The predicted octanol–water partition coefficient (Wildman–Crippen LogP) is 3.16. The van der Waals surface area contributed by atoms with Crippen LogP contribution in [-0.4, -0.2) is 29.6 Å². The first-order valence-corrected chi connectivity index (χ1v) is 7.71. The molecular formula is C15H30N2. The first-order valence-electron chi connectivity index (χ1n) is 7.71. The Bertz CT molecular complexity index is 241. The van der Waals surface area contributed by atoms with Crippen molar-refractivity contribution >= 4 is 0 Å². The highest BCUT2D eigenvalue weighted by molar-refractivity contribution is 5.03. The Labute approximate surface area is 107 Å². The zero-order valence-electron chi connectivity index (χ0n) is 11.8. The van der Waals surface area contributed by atoms with Gasteiger partial charge in [0.2, 0.25) is 0 Å². The van der Waals surface area contributed by atoms with Gasteiger partial charge in [-0.15, -0.1) is 0 Å². The van der Waals surface area contributed by atoms with Gasteiger partial charge in [-0.25, -0.2) is 0 Å². The lowest BCUT2D eigenvalue weighted by Crippen LogP contribution is -2.59. The number of hydrogen-bond acceptors (Lipinski definition) is 2. The van der Waals surface area contributed by atoms with Crippen molar-refractivity contribution in [1.82, 2.24) is 4.90 Å². The first kappa shape index (κ1) is 13.4. The molecule has 1 aliphatic heterocycles. The fourth-order valence-corrected chi connectivity index (χ4v) is 4.41. The number of nitrogens with two attached hydrogens (primary N) is 1. The fourth-order valence-electron chi connectivity index (χ4n) is 4.41. The Hall–Kier alpha value is -0.0800. The molecule has 17 heavy (non-hydrogen) atoms. The van der Waals surface area contributed by atoms with Crippen LogP contribution in [0.5, 0.6) is 0 Å². The van der Waals surface area contributed by atoms with Crippen LogP contribution in [0.4, 0.5) is 0 Å². The molecule has 2 heteroatoms. The van der Waals surface area contributed by atoms with Crippen LogP contribution in [0, 0.1) is 5.92 Å². The van der Waals surface area contributed by atoms with Gasteiger partial charge in [0.25, 0.3) is 0 Å². The Morgan fingerprint density at radius 3 is 2.71 bits per heavy atom. The second kappa shape index (κ2) is 5.71. The van der Waals surface area contributed by atoms with Crippen molar-refractivity contribution in [2.24, 2.45) is 11.7 Å². The van der Waals surface area contributed by atoms with E-state index < -0.39 is 0 Å². The minimum Gasteiger partial charge on any atom is -0.329 e. The lowest BCUT2D eigenvalue weighted by molar-refractivity contribution is 0.0246. The maximum atomic E-state index is 6.24. The van der Waals surface area contributed by atoms with E-state index in [9.17, 15) is 0 Å². The third-order valence-electron chi connectivity index (χ3n) is 5.39. The number of rotatable bonds is 3. The molecule has 2 N–H and O–H groups in total. The Morgan fingerprint density at radius 2 is 2.00 bits per heavy atom. The van der Waals surface area contributed by atoms with Gasteiger partial charge < -0.3 is 5.73 Å². The number of nitrogens with zero attached hydrogens (tertiary/aromatic N) is 1. The van der Waals surface area contributed by atoms with Crippen LogP contribution in [0.2, 0.25) is 0 Å². The third kappa shape index (κ3) is 2.39. The summed E-state index contributed by atoms with van der Waals surface area (Å²) in [6.45, 7) is 6.93. The maximum Gasteiger partial charge on any atom is 0.0362 e. The SMILES string of the molecule is CCC1CCCC1(CN)N1CCCCCC1C. The van der Waals surface area contributed by atoms with Crippen LogP contribution < -0.4 is 5.73 Å². The van der Waals surface area contributed by atoms with E-state index >= 15 is 0 Å². The highest BCUT2D eigenvalue weighted by Crippen LogP contribution is 2.43. The smallest absolute Gasteiger partial charge is 0.0362 e. The number of likely N-dealkylation sites (tertiary alicyclic amines) is 1. The topological polar surface area (TPSA) is 29.3 Å². The molecule has 0 radical (unpaired) electrons. The van der Waals surface area contributed by atoms with Crippen molar-refractivity contribution < 1.29 is 0 Å². The van der Waals surface area contributed by atoms with Gasteiger partial charge in [-0.2, -0.15) is 0 Å². The lowest BCUT2D eigenvalue weighted by atomic mass is 9.82. The normalized spacial score (nSPS) is 40.4. The van der Waals surface area contributed by atoms with E-state index in [1.165, 1.54) is 57.9 Å². The molecule has 2 nitrogen and oxygen atoms in total. The molecule has 100 valence electrons. The van der Waals surface area contributed by atoms with Crippen LogP contribution >= 0.6 is 0 Å². The van der Waals surface area contributed by atoms with Crippen molar-refractivity contribution in [2.75, 3.05) is 13.1 Å². The molecule has 2 aliphatic rings. The molecule has 1 aliphatic carbocycles. The quantitative estimate of drug-likeness (QED) is 0.818. The van der Waals surface area contributed by atoms with Crippen molar-refractivity contribution in [1.29, 1.82) is 0 Å². The average molecular weight is 238 g/mol. The molecule has 1 heterocycles. The lowest BCUT2D eigenvalue weighted by Gasteiger charge is -2.47. The van der Waals surface area contributed by atoms with Crippen molar-refractivity contribution in [3.8, 4) is 0 Å². The molecule has 0 aromatic heterocycles. The first-order chi connectivity index (χ1) is 8.24. The van der Waals surface area contributed by atoms with Crippen molar-refractivity contribution in [3.63, 3.8) is 0 Å². The summed E-state index contributed by atoms with van der Waals surface area (Å²) in [5.41, 5.74) is 6.58. The molecule has 3 atom stereocenters. The second-order valence-electron chi connectivity index (χ2n) is 6.20.